The minimum atomic E-state index is -3.79. The topological polar surface area (TPSA) is 83.5 Å². The maximum atomic E-state index is 12.2. The summed E-state index contributed by atoms with van der Waals surface area (Å²) in [7, 11) is -3.79. The number of carboxylic acids is 1. The van der Waals surface area contributed by atoms with Crippen LogP contribution < -0.4 is 4.72 Å². The van der Waals surface area contributed by atoms with Crippen molar-refractivity contribution in [2.45, 2.75) is 11.1 Å². The molecule has 0 unspecified atom stereocenters. The first kappa shape index (κ1) is 15.0. The second-order valence-corrected chi connectivity index (χ2v) is 7.75. The fourth-order valence-corrected chi connectivity index (χ4v) is 4.21. The predicted molar refractivity (Wildman–Crippen MR) is 81.0 cm³/mol. The van der Waals surface area contributed by atoms with E-state index in [1.165, 1.54) is 12.1 Å². The zero-order valence-corrected chi connectivity index (χ0v) is 13.5. The standard InChI is InChI=1S/C12H10BrNO4S2/c1-7-3-2-4-8(11(7)13)14-20(17,18)10-6-5-9(19-10)12(15)16/h2-6,14H,1H3,(H,15,16). The molecule has 5 nitrogen and oxygen atoms in total. The van der Waals surface area contributed by atoms with Gasteiger partial charge in [-0.05, 0) is 46.6 Å². The highest BCUT2D eigenvalue weighted by molar-refractivity contribution is 9.10. The van der Waals surface area contributed by atoms with Crippen LogP contribution in [0.15, 0.2) is 39.0 Å². The van der Waals surface area contributed by atoms with Gasteiger partial charge in [-0.25, -0.2) is 13.2 Å². The summed E-state index contributed by atoms with van der Waals surface area (Å²) in [4.78, 5) is 10.8. The van der Waals surface area contributed by atoms with Crippen LogP contribution in [0.25, 0.3) is 0 Å². The largest absolute Gasteiger partial charge is 0.477 e. The Morgan fingerprint density at radius 2 is 2.00 bits per heavy atom. The molecule has 8 heteroatoms. The van der Waals surface area contributed by atoms with Crippen LogP contribution in [0.3, 0.4) is 0 Å². The van der Waals surface area contributed by atoms with Crippen LogP contribution in [0.5, 0.6) is 0 Å². The highest BCUT2D eigenvalue weighted by Gasteiger charge is 2.20. The Hall–Kier alpha value is -1.38. The molecule has 0 amide bonds. The lowest BCUT2D eigenvalue weighted by atomic mass is 10.2. The number of aromatic carboxylic acids is 1. The maximum absolute atomic E-state index is 12.2. The third kappa shape index (κ3) is 3.02. The molecule has 0 aliphatic rings. The fraction of sp³-hybridized carbons (Fsp3) is 0.0833. The Balaban J connectivity index is 2.35. The van der Waals surface area contributed by atoms with E-state index in [1.807, 2.05) is 13.0 Å². The lowest BCUT2D eigenvalue weighted by Gasteiger charge is -2.09. The highest BCUT2D eigenvalue weighted by atomic mass is 79.9. The normalized spacial score (nSPS) is 11.3. The van der Waals surface area contributed by atoms with Gasteiger partial charge in [0.2, 0.25) is 0 Å². The molecule has 0 aliphatic heterocycles. The van der Waals surface area contributed by atoms with Gasteiger partial charge in [-0.15, -0.1) is 11.3 Å². The molecule has 2 aromatic rings. The quantitative estimate of drug-likeness (QED) is 0.858. The van der Waals surface area contributed by atoms with Crippen molar-refractivity contribution in [2.75, 3.05) is 4.72 Å². The molecule has 0 atom stereocenters. The van der Waals surface area contributed by atoms with Crippen molar-refractivity contribution < 1.29 is 18.3 Å². The molecule has 0 fully saturated rings. The van der Waals surface area contributed by atoms with Crippen molar-refractivity contribution in [1.82, 2.24) is 0 Å². The smallest absolute Gasteiger partial charge is 0.345 e. The summed E-state index contributed by atoms with van der Waals surface area (Å²) in [5.74, 6) is -1.15. The van der Waals surface area contributed by atoms with E-state index in [-0.39, 0.29) is 9.09 Å². The van der Waals surface area contributed by atoms with Gasteiger partial charge in [0.05, 0.1) is 5.69 Å². The number of aryl methyl sites for hydroxylation is 1. The Morgan fingerprint density at radius 3 is 2.60 bits per heavy atom. The van der Waals surface area contributed by atoms with E-state index in [0.29, 0.717) is 21.5 Å². The van der Waals surface area contributed by atoms with Gasteiger partial charge in [0.15, 0.2) is 0 Å². The summed E-state index contributed by atoms with van der Waals surface area (Å²) in [5.41, 5.74) is 1.30. The molecule has 1 aromatic carbocycles. The number of thiophene rings is 1. The number of halogens is 1. The summed E-state index contributed by atoms with van der Waals surface area (Å²) in [6, 6.07) is 7.75. The van der Waals surface area contributed by atoms with Crippen LogP contribution in [0, 0.1) is 6.92 Å². The molecule has 20 heavy (non-hydrogen) atoms. The molecule has 0 saturated heterocycles. The van der Waals surface area contributed by atoms with E-state index >= 15 is 0 Å². The van der Waals surface area contributed by atoms with Crippen molar-refractivity contribution in [2.24, 2.45) is 0 Å². The molecular weight excluding hydrogens is 366 g/mol. The zero-order valence-electron chi connectivity index (χ0n) is 10.3. The molecule has 0 bridgehead atoms. The van der Waals surface area contributed by atoms with Gasteiger partial charge in [-0.2, -0.15) is 0 Å². The summed E-state index contributed by atoms with van der Waals surface area (Å²) in [6.07, 6.45) is 0. The van der Waals surface area contributed by atoms with Gasteiger partial charge in [0.25, 0.3) is 10.0 Å². The van der Waals surface area contributed by atoms with Crippen LogP contribution in [0.1, 0.15) is 15.2 Å². The number of rotatable bonds is 4. The van der Waals surface area contributed by atoms with Crippen molar-refractivity contribution in [3.63, 3.8) is 0 Å². The molecule has 2 rings (SSSR count). The number of sulfonamides is 1. The summed E-state index contributed by atoms with van der Waals surface area (Å²) >= 11 is 4.03. The Morgan fingerprint density at radius 1 is 1.30 bits per heavy atom. The average Bonchev–Trinajstić information content (AvgIpc) is 2.85. The Bertz CT molecular complexity index is 768. The molecule has 0 aliphatic carbocycles. The molecule has 0 spiro atoms. The molecule has 0 radical (unpaired) electrons. The fourth-order valence-electron chi connectivity index (χ4n) is 1.50. The van der Waals surface area contributed by atoms with E-state index in [2.05, 4.69) is 20.7 Å². The van der Waals surface area contributed by atoms with E-state index in [9.17, 15) is 13.2 Å². The first-order valence-corrected chi connectivity index (χ1v) is 8.51. The lowest BCUT2D eigenvalue weighted by Crippen LogP contribution is -2.12. The Kier molecular flexibility index (Phi) is 4.17. The number of hydrogen-bond acceptors (Lipinski definition) is 4. The number of hydrogen-bond donors (Lipinski definition) is 2. The third-order valence-corrected chi connectivity index (χ3v) is 6.48. The first-order valence-electron chi connectivity index (χ1n) is 5.42. The first-order chi connectivity index (χ1) is 9.31. The minimum Gasteiger partial charge on any atom is -0.477 e. The lowest BCUT2D eigenvalue weighted by molar-refractivity contribution is 0.0702. The van der Waals surface area contributed by atoms with E-state index in [4.69, 9.17) is 5.11 Å². The van der Waals surface area contributed by atoms with Crippen LogP contribution in [-0.2, 0) is 10.0 Å². The van der Waals surface area contributed by atoms with Gasteiger partial charge in [-0.3, -0.25) is 4.72 Å². The van der Waals surface area contributed by atoms with Gasteiger partial charge in [-0.1, -0.05) is 12.1 Å². The average molecular weight is 376 g/mol. The minimum absolute atomic E-state index is 0.0197. The molecule has 1 heterocycles. The molecular formula is C12H10BrNO4S2. The van der Waals surface area contributed by atoms with Crippen molar-refractivity contribution in [1.29, 1.82) is 0 Å². The Labute approximate surface area is 128 Å². The van der Waals surface area contributed by atoms with Crippen LogP contribution >= 0.6 is 27.3 Å². The van der Waals surface area contributed by atoms with Crippen LogP contribution in [-0.4, -0.2) is 19.5 Å². The van der Waals surface area contributed by atoms with E-state index < -0.39 is 16.0 Å². The predicted octanol–water partition coefficient (Wildman–Crippen LogP) is 3.32. The molecule has 0 saturated carbocycles. The second kappa shape index (κ2) is 5.55. The van der Waals surface area contributed by atoms with Crippen molar-refractivity contribution in [3.8, 4) is 0 Å². The van der Waals surface area contributed by atoms with Gasteiger partial charge >= 0.3 is 5.97 Å². The summed E-state index contributed by atoms with van der Waals surface area (Å²) < 4.78 is 27.4. The van der Waals surface area contributed by atoms with E-state index in [0.717, 1.165) is 5.56 Å². The van der Waals surface area contributed by atoms with Gasteiger partial charge in [0.1, 0.15) is 9.09 Å². The monoisotopic (exact) mass is 375 g/mol. The molecule has 1 aromatic heterocycles. The van der Waals surface area contributed by atoms with Gasteiger partial charge < -0.3 is 5.11 Å². The second-order valence-electron chi connectivity index (χ2n) is 3.97. The van der Waals surface area contributed by atoms with Crippen molar-refractivity contribution in [3.05, 3.63) is 45.2 Å². The number of benzene rings is 1. The third-order valence-electron chi connectivity index (χ3n) is 2.49. The summed E-state index contributed by atoms with van der Waals surface area (Å²) in [5, 5.41) is 8.82. The van der Waals surface area contributed by atoms with Crippen LogP contribution in [0.4, 0.5) is 5.69 Å². The zero-order chi connectivity index (χ0) is 14.9. The highest BCUT2D eigenvalue weighted by Crippen LogP contribution is 2.29. The number of carboxylic acid groups (broad SMARTS) is 1. The SMILES string of the molecule is Cc1cccc(NS(=O)(=O)c2ccc(C(=O)O)s2)c1Br. The number of anilines is 1. The maximum Gasteiger partial charge on any atom is 0.345 e. The van der Waals surface area contributed by atoms with Crippen molar-refractivity contribution >= 4 is 48.9 Å². The van der Waals surface area contributed by atoms with Crippen LogP contribution in [0.2, 0.25) is 0 Å². The van der Waals surface area contributed by atoms with E-state index in [1.54, 1.807) is 12.1 Å². The van der Waals surface area contributed by atoms with Gasteiger partial charge in [0, 0.05) is 4.47 Å². The molecule has 2 N–H and O–H groups in total. The molecule has 106 valence electrons. The number of carbonyl (C=O) groups is 1. The summed E-state index contributed by atoms with van der Waals surface area (Å²) in [6.45, 7) is 1.84. The number of nitrogens with one attached hydrogen (secondary N) is 1.